The minimum Gasteiger partial charge on any atom is -0.354 e. The summed E-state index contributed by atoms with van der Waals surface area (Å²) in [6.45, 7) is 5.01. The minimum atomic E-state index is 0.679. The van der Waals surface area contributed by atoms with Crippen LogP contribution in [0.15, 0.2) is 6.07 Å². The van der Waals surface area contributed by atoms with Gasteiger partial charge in [0.25, 0.3) is 0 Å². The Balaban J connectivity index is 2.51. The van der Waals surface area contributed by atoms with Gasteiger partial charge in [0.2, 0.25) is 5.95 Å². The van der Waals surface area contributed by atoms with Crippen LogP contribution in [-0.4, -0.2) is 35.6 Å². The number of aromatic nitrogens is 2. The number of anilines is 2. The molecule has 0 spiro atoms. The number of aryl methyl sites for hydroxylation is 1. The number of fused-ring (bicyclic) bond motifs is 1. The second-order valence-corrected chi connectivity index (χ2v) is 5.33. The molecule has 0 atom stereocenters. The highest BCUT2D eigenvalue weighted by Gasteiger charge is 2.11. The van der Waals surface area contributed by atoms with Gasteiger partial charge in [0.15, 0.2) is 5.82 Å². The first-order chi connectivity index (χ1) is 8.63. The highest BCUT2D eigenvalue weighted by molar-refractivity contribution is 7.18. The smallest absolute Gasteiger partial charge is 0.226 e. The summed E-state index contributed by atoms with van der Waals surface area (Å²) >= 11 is 1.73. The number of rotatable bonds is 5. The summed E-state index contributed by atoms with van der Waals surface area (Å²) < 4.78 is 0. The molecule has 0 aromatic carbocycles. The van der Waals surface area contributed by atoms with E-state index < -0.39 is 0 Å². The van der Waals surface area contributed by atoms with Crippen LogP contribution in [0.1, 0.15) is 18.7 Å². The maximum atomic E-state index is 4.54. The topological polar surface area (TPSA) is 53.1 Å². The van der Waals surface area contributed by atoms with Gasteiger partial charge in [0, 0.05) is 25.5 Å². The monoisotopic (exact) mass is 265 g/mol. The molecular formula is C12H19N5S. The van der Waals surface area contributed by atoms with Crippen LogP contribution in [0.25, 0.3) is 10.2 Å². The van der Waals surface area contributed by atoms with Crippen molar-refractivity contribution in [3.8, 4) is 0 Å². The van der Waals surface area contributed by atoms with E-state index in [4.69, 9.17) is 0 Å². The maximum absolute atomic E-state index is 4.54. The van der Waals surface area contributed by atoms with Crippen LogP contribution in [0.3, 0.4) is 0 Å². The molecule has 2 rings (SSSR count). The van der Waals surface area contributed by atoms with Crippen molar-refractivity contribution < 1.29 is 0 Å². The minimum absolute atomic E-state index is 0.679. The highest BCUT2D eigenvalue weighted by Crippen LogP contribution is 2.30. The number of thiophene rings is 1. The molecule has 0 aliphatic rings. The van der Waals surface area contributed by atoms with E-state index in [-0.39, 0.29) is 0 Å². The Hall–Kier alpha value is -1.40. The summed E-state index contributed by atoms with van der Waals surface area (Å²) in [7, 11) is 3.90. The molecule has 0 unspecified atom stereocenters. The molecule has 0 saturated heterocycles. The molecule has 2 heterocycles. The summed E-state index contributed by atoms with van der Waals surface area (Å²) in [6, 6.07) is 2.17. The predicted octanol–water partition coefficient (Wildman–Crippen LogP) is 2.57. The van der Waals surface area contributed by atoms with Crippen LogP contribution in [0.5, 0.6) is 0 Å². The Kier molecular flexibility index (Phi) is 3.98. The zero-order valence-corrected chi connectivity index (χ0v) is 12.1. The molecule has 2 aromatic heterocycles. The lowest BCUT2D eigenvalue weighted by Gasteiger charge is -2.14. The lowest BCUT2D eigenvalue weighted by molar-refractivity contribution is 0.493. The van der Waals surface area contributed by atoms with E-state index in [0.29, 0.717) is 5.95 Å². The van der Waals surface area contributed by atoms with Crippen LogP contribution >= 0.6 is 11.3 Å². The molecule has 18 heavy (non-hydrogen) atoms. The molecule has 0 fully saturated rings. The van der Waals surface area contributed by atoms with Crippen molar-refractivity contribution in [3.63, 3.8) is 0 Å². The van der Waals surface area contributed by atoms with Gasteiger partial charge in [-0.1, -0.05) is 6.92 Å². The number of hydrogen-bond donors (Lipinski definition) is 2. The van der Waals surface area contributed by atoms with Crippen LogP contribution in [0, 0.1) is 0 Å². The SMILES string of the molecule is CCNc1nc(NN(C)C)c2cc(CC)sc2n1. The fourth-order valence-electron chi connectivity index (χ4n) is 1.68. The van der Waals surface area contributed by atoms with E-state index in [9.17, 15) is 0 Å². The van der Waals surface area contributed by atoms with Gasteiger partial charge in [0.1, 0.15) is 4.83 Å². The van der Waals surface area contributed by atoms with Crippen LogP contribution in [-0.2, 0) is 6.42 Å². The zero-order chi connectivity index (χ0) is 13.1. The van der Waals surface area contributed by atoms with E-state index in [1.807, 2.05) is 26.0 Å². The fraction of sp³-hybridized carbons (Fsp3) is 0.500. The first kappa shape index (κ1) is 13.0. The molecule has 0 radical (unpaired) electrons. The molecule has 2 N–H and O–H groups in total. The highest BCUT2D eigenvalue weighted by atomic mass is 32.1. The van der Waals surface area contributed by atoms with E-state index in [1.54, 1.807) is 11.3 Å². The molecule has 0 aliphatic carbocycles. The second-order valence-electron chi connectivity index (χ2n) is 4.22. The van der Waals surface area contributed by atoms with Crippen molar-refractivity contribution in [2.75, 3.05) is 31.4 Å². The van der Waals surface area contributed by atoms with Crippen molar-refractivity contribution in [2.45, 2.75) is 20.3 Å². The van der Waals surface area contributed by atoms with Crippen molar-refractivity contribution in [2.24, 2.45) is 0 Å². The number of nitrogens with one attached hydrogen (secondary N) is 2. The van der Waals surface area contributed by atoms with Gasteiger partial charge in [-0.05, 0) is 19.4 Å². The largest absolute Gasteiger partial charge is 0.354 e. The van der Waals surface area contributed by atoms with Gasteiger partial charge >= 0.3 is 0 Å². The summed E-state index contributed by atoms with van der Waals surface area (Å²) in [5, 5.41) is 6.15. The van der Waals surface area contributed by atoms with Gasteiger partial charge in [-0.25, -0.2) is 9.99 Å². The van der Waals surface area contributed by atoms with Crippen LogP contribution in [0.2, 0.25) is 0 Å². The molecule has 6 heteroatoms. The average Bonchev–Trinajstić information content (AvgIpc) is 2.72. The summed E-state index contributed by atoms with van der Waals surface area (Å²) in [4.78, 5) is 11.4. The van der Waals surface area contributed by atoms with Crippen molar-refractivity contribution >= 4 is 33.3 Å². The predicted molar refractivity (Wildman–Crippen MR) is 78.3 cm³/mol. The zero-order valence-electron chi connectivity index (χ0n) is 11.2. The Morgan fingerprint density at radius 1 is 1.28 bits per heavy atom. The Bertz CT molecular complexity index is 534. The quantitative estimate of drug-likeness (QED) is 0.814. The summed E-state index contributed by atoms with van der Waals surface area (Å²) in [6.07, 6.45) is 1.03. The third-order valence-electron chi connectivity index (χ3n) is 2.46. The maximum Gasteiger partial charge on any atom is 0.226 e. The Morgan fingerprint density at radius 2 is 2.06 bits per heavy atom. The number of hydrogen-bond acceptors (Lipinski definition) is 6. The van der Waals surface area contributed by atoms with E-state index in [0.717, 1.165) is 29.0 Å². The van der Waals surface area contributed by atoms with Gasteiger partial charge in [0.05, 0.1) is 5.39 Å². The van der Waals surface area contributed by atoms with Crippen molar-refractivity contribution in [3.05, 3.63) is 10.9 Å². The third-order valence-corrected chi connectivity index (χ3v) is 3.63. The first-order valence-corrected chi connectivity index (χ1v) is 6.94. The molecule has 0 saturated carbocycles. The second kappa shape index (κ2) is 5.49. The van der Waals surface area contributed by atoms with E-state index >= 15 is 0 Å². The molecule has 0 aliphatic heterocycles. The van der Waals surface area contributed by atoms with E-state index in [1.165, 1.54) is 4.88 Å². The van der Waals surface area contributed by atoms with Gasteiger partial charge in [-0.3, -0.25) is 0 Å². The van der Waals surface area contributed by atoms with Gasteiger partial charge in [-0.2, -0.15) is 4.98 Å². The molecular weight excluding hydrogens is 246 g/mol. The van der Waals surface area contributed by atoms with Crippen molar-refractivity contribution in [1.82, 2.24) is 15.0 Å². The van der Waals surface area contributed by atoms with Gasteiger partial charge < -0.3 is 10.7 Å². The molecule has 0 bridgehead atoms. The summed E-state index contributed by atoms with van der Waals surface area (Å²) in [5.74, 6) is 1.54. The van der Waals surface area contributed by atoms with Crippen LogP contribution < -0.4 is 10.7 Å². The van der Waals surface area contributed by atoms with E-state index in [2.05, 4.69) is 33.7 Å². The Morgan fingerprint density at radius 3 is 2.67 bits per heavy atom. The van der Waals surface area contributed by atoms with Crippen molar-refractivity contribution in [1.29, 1.82) is 0 Å². The third kappa shape index (κ3) is 2.70. The lowest BCUT2D eigenvalue weighted by atomic mass is 10.3. The molecule has 2 aromatic rings. The van der Waals surface area contributed by atoms with Gasteiger partial charge in [-0.15, -0.1) is 11.3 Å². The number of hydrazine groups is 1. The normalized spacial score (nSPS) is 11.2. The standard InChI is InChI=1S/C12H19N5S/c1-5-8-7-9-10(16-17(3)4)14-12(13-6-2)15-11(9)18-8/h7H,5-6H2,1-4H3,(H2,13,14,15,16). The first-order valence-electron chi connectivity index (χ1n) is 6.12. The molecule has 98 valence electrons. The fourth-order valence-corrected chi connectivity index (χ4v) is 2.65. The lowest BCUT2D eigenvalue weighted by Crippen LogP contribution is -2.21. The number of nitrogens with zero attached hydrogens (tertiary/aromatic N) is 3. The summed E-state index contributed by atoms with van der Waals surface area (Å²) in [5.41, 5.74) is 3.23. The molecule has 0 amide bonds. The average molecular weight is 265 g/mol. The van der Waals surface area contributed by atoms with Crippen LogP contribution in [0.4, 0.5) is 11.8 Å². The Labute approximate surface area is 111 Å². The molecule has 5 nitrogen and oxygen atoms in total.